The van der Waals surface area contributed by atoms with E-state index in [2.05, 4.69) is 10.3 Å². The van der Waals surface area contributed by atoms with Crippen LogP contribution in [0.5, 0.6) is 0 Å². The van der Waals surface area contributed by atoms with E-state index in [0.29, 0.717) is 12.6 Å². The standard InChI is InChI=1S/C11H23N3O3/c1-17-8-10(11(16)13-12)14-6-2-4-9(14)5-3-7-15/h9-10,15H,2-8,12H2,1H3,(H,13,16). The van der Waals surface area contributed by atoms with Gasteiger partial charge in [0.25, 0.3) is 5.91 Å². The molecule has 2 atom stereocenters. The van der Waals surface area contributed by atoms with Crippen LogP contribution in [-0.2, 0) is 9.53 Å². The van der Waals surface area contributed by atoms with E-state index in [4.69, 9.17) is 15.7 Å². The van der Waals surface area contributed by atoms with Crippen LogP contribution in [0.2, 0.25) is 0 Å². The second-order valence-corrected chi connectivity index (χ2v) is 4.38. The summed E-state index contributed by atoms with van der Waals surface area (Å²) in [7, 11) is 1.58. The van der Waals surface area contributed by atoms with Crippen molar-refractivity contribution in [2.24, 2.45) is 5.84 Å². The van der Waals surface area contributed by atoms with Crippen molar-refractivity contribution in [2.75, 3.05) is 26.9 Å². The van der Waals surface area contributed by atoms with Gasteiger partial charge in [-0.3, -0.25) is 15.1 Å². The third-order valence-electron chi connectivity index (χ3n) is 3.29. The first-order chi connectivity index (χ1) is 8.24. The van der Waals surface area contributed by atoms with Crippen molar-refractivity contribution in [2.45, 2.75) is 37.8 Å². The molecule has 1 rings (SSSR count). The number of hydrogen-bond donors (Lipinski definition) is 3. The molecule has 0 bridgehead atoms. The lowest BCUT2D eigenvalue weighted by Crippen LogP contribution is -2.52. The molecule has 0 radical (unpaired) electrons. The van der Waals surface area contributed by atoms with Gasteiger partial charge in [0.2, 0.25) is 0 Å². The van der Waals surface area contributed by atoms with Crippen LogP contribution in [0.1, 0.15) is 25.7 Å². The monoisotopic (exact) mass is 245 g/mol. The van der Waals surface area contributed by atoms with E-state index in [9.17, 15) is 4.79 Å². The molecular formula is C11H23N3O3. The highest BCUT2D eigenvalue weighted by Crippen LogP contribution is 2.23. The Labute approximate surface area is 102 Å². The Morgan fingerprint density at radius 1 is 1.71 bits per heavy atom. The number of hydrogen-bond acceptors (Lipinski definition) is 5. The molecule has 1 heterocycles. The van der Waals surface area contributed by atoms with Gasteiger partial charge in [-0.25, -0.2) is 5.84 Å². The highest BCUT2D eigenvalue weighted by atomic mass is 16.5. The van der Waals surface area contributed by atoms with E-state index in [1.54, 1.807) is 7.11 Å². The van der Waals surface area contributed by atoms with Crippen LogP contribution >= 0.6 is 0 Å². The Balaban J connectivity index is 2.60. The summed E-state index contributed by atoms with van der Waals surface area (Å²) in [6.45, 7) is 1.43. The molecular weight excluding hydrogens is 222 g/mol. The molecule has 1 saturated heterocycles. The zero-order chi connectivity index (χ0) is 12.7. The summed E-state index contributed by atoms with van der Waals surface area (Å²) in [5, 5.41) is 8.87. The molecule has 6 nitrogen and oxygen atoms in total. The average molecular weight is 245 g/mol. The molecule has 0 aromatic heterocycles. The van der Waals surface area contributed by atoms with Crippen molar-refractivity contribution < 1.29 is 14.6 Å². The Hall–Kier alpha value is -0.690. The lowest BCUT2D eigenvalue weighted by atomic mass is 10.1. The zero-order valence-electron chi connectivity index (χ0n) is 10.4. The fourth-order valence-electron chi connectivity index (χ4n) is 2.48. The number of nitrogens with one attached hydrogen (secondary N) is 1. The number of nitrogens with zero attached hydrogens (tertiary/aromatic N) is 1. The minimum Gasteiger partial charge on any atom is -0.396 e. The van der Waals surface area contributed by atoms with Crippen LogP contribution in [0.4, 0.5) is 0 Å². The SMILES string of the molecule is COCC(C(=O)NN)N1CCCC1CCCO. The Kier molecular flexibility index (Phi) is 6.43. The van der Waals surface area contributed by atoms with Crippen molar-refractivity contribution in [3.63, 3.8) is 0 Å². The second-order valence-electron chi connectivity index (χ2n) is 4.38. The molecule has 0 aromatic carbocycles. The molecule has 1 aliphatic rings. The second kappa shape index (κ2) is 7.60. The van der Waals surface area contributed by atoms with E-state index in [1.165, 1.54) is 0 Å². The molecule has 0 aliphatic carbocycles. The summed E-state index contributed by atoms with van der Waals surface area (Å²) in [4.78, 5) is 13.8. The Morgan fingerprint density at radius 3 is 3.06 bits per heavy atom. The van der Waals surface area contributed by atoms with Crippen LogP contribution in [0, 0.1) is 0 Å². The number of nitrogens with two attached hydrogens (primary N) is 1. The predicted molar refractivity (Wildman–Crippen MR) is 64.0 cm³/mol. The molecule has 1 aliphatic heterocycles. The molecule has 1 amide bonds. The molecule has 4 N–H and O–H groups in total. The normalized spacial score (nSPS) is 22.6. The predicted octanol–water partition coefficient (Wildman–Crippen LogP) is -0.772. The number of methoxy groups -OCH3 is 1. The van der Waals surface area contributed by atoms with Crippen LogP contribution in [-0.4, -0.2) is 54.9 Å². The van der Waals surface area contributed by atoms with Crippen LogP contribution in [0.3, 0.4) is 0 Å². The number of aliphatic hydroxyl groups excluding tert-OH is 1. The molecule has 0 saturated carbocycles. The minimum absolute atomic E-state index is 0.197. The smallest absolute Gasteiger partial charge is 0.253 e. The first kappa shape index (κ1) is 14.4. The third-order valence-corrected chi connectivity index (χ3v) is 3.29. The zero-order valence-corrected chi connectivity index (χ0v) is 10.4. The van der Waals surface area contributed by atoms with Crippen molar-refractivity contribution in [1.82, 2.24) is 10.3 Å². The van der Waals surface area contributed by atoms with E-state index in [0.717, 1.165) is 32.2 Å². The maximum atomic E-state index is 11.7. The number of aliphatic hydroxyl groups is 1. The lowest BCUT2D eigenvalue weighted by Gasteiger charge is -2.31. The number of hydrazine groups is 1. The van der Waals surface area contributed by atoms with Gasteiger partial charge in [0.15, 0.2) is 0 Å². The van der Waals surface area contributed by atoms with Gasteiger partial charge >= 0.3 is 0 Å². The highest BCUT2D eigenvalue weighted by molar-refractivity contribution is 5.81. The van der Waals surface area contributed by atoms with E-state index in [-0.39, 0.29) is 18.6 Å². The van der Waals surface area contributed by atoms with Gasteiger partial charge in [-0.2, -0.15) is 0 Å². The maximum absolute atomic E-state index is 11.7. The van der Waals surface area contributed by atoms with Crippen molar-refractivity contribution in [3.05, 3.63) is 0 Å². The minimum atomic E-state index is -0.323. The lowest BCUT2D eigenvalue weighted by molar-refractivity contribution is -0.129. The third kappa shape index (κ3) is 3.92. The first-order valence-corrected chi connectivity index (χ1v) is 6.10. The number of amides is 1. The Bertz CT molecular complexity index is 238. The average Bonchev–Trinajstić information content (AvgIpc) is 2.80. The summed E-state index contributed by atoms with van der Waals surface area (Å²) < 4.78 is 5.08. The van der Waals surface area contributed by atoms with Crippen molar-refractivity contribution in [1.29, 1.82) is 0 Å². The van der Waals surface area contributed by atoms with E-state index in [1.807, 2.05) is 0 Å². The topological polar surface area (TPSA) is 87.8 Å². The quantitative estimate of drug-likeness (QED) is 0.311. The number of ether oxygens (including phenoxy) is 1. The number of carbonyl (C=O) groups excluding carboxylic acids is 1. The number of likely N-dealkylation sites (tertiary alicyclic amines) is 1. The summed E-state index contributed by atoms with van der Waals surface area (Å²) in [6, 6.07) is 0.0239. The van der Waals surface area contributed by atoms with Gasteiger partial charge in [-0.15, -0.1) is 0 Å². The maximum Gasteiger partial charge on any atom is 0.253 e. The molecule has 0 spiro atoms. The highest BCUT2D eigenvalue weighted by Gasteiger charge is 2.34. The fourth-order valence-corrected chi connectivity index (χ4v) is 2.48. The van der Waals surface area contributed by atoms with Crippen molar-refractivity contribution >= 4 is 5.91 Å². The molecule has 1 fully saturated rings. The van der Waals surface area contributed by atoms with E-state index < -0.39 is 0 Å². The van der Waals surface area contributed by atoms with Gasteiger partial charge in [0.1, 0.15) is 6.04 Å². The summed E-state index contributed by atoms with van der Waals surface area (Å²) in [6.07, 6.45) is 3.83. The summed E-state index contributed by atoms with van der Waals surface area (Å²) in [5.41, 5.74) is 2.19. The van der Waals surface area contributed by atoms with Crippen LogP contribution in [0.25, 0.3) is 0 Å². The molecule has 17 heavy (non-hydrogen) atoms. The largest absolute Gasteiger partial charge is 0.396 e. The first-order valence-electron chi connectivity index (χ1n) is 6.10. The molecule has 100 valence electrons. The summed E-state index contributed by atoms with van der Waals surface area (Å²) >= 11 is 0. The molecule has 6 heteroatoms. The van der Waals surface area contributed by atoms with Crippen molar-refractivity contribution in [3.8, 4) is 0 Å². The molecule has 0 aromatic rings. The Morgan fingerprint density at radius 2 is 2.47 bits per heavy atom. The van der Waals surface area contributed by atoms with Crippen LogP contribution in [0.15, 0.2) is 0 Å². The molecule has 2 unspecified atom stereocenters. The van der Waals surface area contributed by atoms with Gasteiger partial charge in [0, 0.05) is 19.8 Å². The van der Waals surface area contributed by atoms with E-state index >= 15 is 0 Å². The van der Waals surface area contributed by atoms with Gasteiger partial charge < -0.3 is 9.84 Å². The van der Waals surface area contributed by atoms with Gasteiger partial charge in [0.05, 0.1) is 6.61 Å². The number of carbonyl (C=O) groups is 1. The number of rotatable bonds is 7. The summed E-state index contributed by atoms with van der Waals surface area (Å²) in [5.74, 6) is 4.99. The van der Waals surface area contributed by atoms with Gasteiger partial charge in [-0.1, -0.05) is 0 Å². The van der Waals surface area contributed by atoms with Crippen LogP contribution < -0.4 is 11.3 Å². The fraction of sp³-hybridized carbons (Fsp3) is 0.909. The van der Waals surface area contributed by atoms with Gasteiger partial charge in [-0.05, 0) is 32.2 Å².